The third-order valence-electron chi connectivity index (χ3n) is 6.57. The maximum absolute atomic E-state index is 13.7. The summed E-state index contributed by atoms with van der Waals surface area (Å²) in [6.45, 7) is 10.5. The van der Waals surface area contributed by atoms with Crippen molar-refractivity contribution in [3.63, 3.8) is 0 Å². The first kappa shape index (κ1) is 23.5. The Labute approximate surface area is 187 Å². The van der Waals surface area contributed by atoms with Crippen molar-refractivity contribution >= 4 is 37.3 Å². The van der Waals surface area contributed by atoms with Crippen LogP contribution in [0.15, 0.2) is 16.7 Å². The Balaban J connectivity index is 2.19. The first-order valence-corrected chi connectivity index (χ1v) is 13.7. The van der Waals surface area contributed by atoms with Gasteiger partial charge in [0.15, 0.2) is 0 Å². The number of halogens is 1. The molecule has 5 atom stereocenters. The first-order valence-electron chi connectivity index (χ1n) is 9.86. The zero-order valence-electron chi connectivity index (χ0n) is 18.4. The molecule has 30 heavy (non-hydrogen) atoms. The minimum atomic E-state index is -2.34. The number of alkyl halides is 1. The van der Waals surface area contributed by atoms with Crippen LogP contribution in [-0.4, -0.2) is 67.2 Å². The Bertz CT molecular complexity index is 884. The van der Waals surface area contributed by atoms with E-state index in [2.05, 4.69) is 55.0 Å². The molecule has 0 fully saturated rings. The van der Waals surface area contributed by atoms with E-state index in [1.54, 1.807) is 0 Å². The molecular weight excluding hydrogens is 469 g/mol. The van der Waals surface area contributed by atoms with E-state index in [1.807, 2.05) is 31.1 Å². The number of ketones is 1. The Hall–Kier alpha value is -1.14. The van der Waals surface area contributed by atoms with Crippen molar-refractivity contribution < 1.29 is 23.5 Å². The second-order valence-electron chi connectivity index (χ2n) is 9.68. The first-order chi connectivity index (χ1) is 13.8. The van der Waals surface area contributed by atoms with Gasteiger partial charge in [0.05, 0.1) is 0 Å². The molecule has 0 spiro atoms. The normalized spacial score (nSPS) is 31.3. The molecule has 0 saturated heterocycles. The molecule has 0 saturated carbocycles. The van der Waals surface area contributed by atoms with E-state index < -0.39 is 37.8 Å². The van der Waals surface area contributed by atoms with Crippen molar-refractivity contribution in [3.05, 3.63) is 23.5 Å². The number of fused-ring (bicyclic) bond motifs is 2. The van der Waals surface area contributed by atoms with Gasteiger partial charge in [-0.15, -0.1) is 0 Å². The fraction of sp³-hybridized carbons (Fsp3) is 0.684. The average molecular weight is 498 g/mol. The summed E-state index contributed by atoms with van der Waals surface area (Å²) in [6.07, 6.45) is 2.96. The zero-order valence-corrected chi connectivity index (χ0v) is 21.0. The molecule has 164 valence electrons. The van der Waals surface area contributed by atoms with Crippen LogP contribution in [0.2, 0.25) is 18.1 Å². The molecule has 11 heteroatoms. The Morgan fingerprint density at radius 3 is 2.53 bits per heavy atom. The number of carbonyl (C=O) groups is 1. The summed E-state index contributed by atoms with van der Waals surface area (Å²) in [4.78, 5) is 15.3. The number of hydrogen-bond donors (Lipinski definition) is 2. The van der Waals surface area contributed by atoms with Gasteiger partial charge in [0.1, 0.15) is 0 Å². The van der Waals surface area contributed by atoms with Crippen LogP contribution < -0.4 is 4.65 Å². The second-order valence-corrected chi connectivity index (χ2v) is 15.5. The third-order valence-corrected chi connectivity index (χ3v) is 11.8. The predicted octanol–water partition coefficient (Wildman–Crippen LogP) is 3.30. The topological polar surface area (TPSA) is 109 Å². The van der Waals surface area contributed by atoms with Crippen molar-refractivity contribution in [3.8, 4) is 5.88 Å². The number of nitrogens with zero attached hydrogens (tertiary/aromatic N) is 2. The van der Waals surface area contributed by atoms with Crippen LogP contribution in [0, 0.1) is 11.2 Å². The Morgan fingerprint density at radius 1 is 1.37 bits per heavy atom. The number of nitrogens with one attached hydrogen (secondary N) is 1. The van der Waals surface area contributed by atoms with Gasteiger partial charge in [-0.25, -0.2) is 0 Å². The van der Waals surface area contributed by atoms with Gasteiger partial charge in [-0.2, -0.15) is 0 Å². The second kappa shape index (κ2) is 7.77. The zero-order chi connectivity index (χ0) is 22.6. The van der Waals surface area contributed by atoms with Gasteiger partial charge in [0.25, 0.3) is 0 Å². The molecule has 1 aromatic rings. The molecule has 2 aliphatic rings. The summed E-state index contributed by atoms with van der Waals surface area (Å²) in [5, 5.41) is 23.0. The van der Waals surface area contributed by atoms with Crippen molar-refractivity contribution in [1.82, 2.24) is 10.1 Å². The van der Waals surface area contributed by atoms with Crippen LogP contribution in [0.3, 0.4) is 0 Å². The van der Waals surface area contributed by atoms with Crippen LogP contribution in [-0.2, 0) is 4.43 Å². The fourth-order valence-electron chi connectivity index (χ4n) is 3.93. The summed E-state index contributed by atoms with van der Waals surface area (Å²) in [5.74, 6) is -0.955. The summed E-state index contributed by atoms with van der Waals surface area (Å²) in [5.41, 5.74) is -1.79. The van der Waals surface area contributed by atoms with Crippen LogP contribution in [0.1, 0.15) is 42.9 Å². The number of rotatable bonds is 5. The Morgan fingerprint density at radius 2 is 2.00 bits per heavy atom. The molecule has 1 aromatic heterocycles. The standard InChI is InChI=1S/C19H29BBrN3O5Si/c1-18(2,3)30(6,7)29-16-11(21)9-8-10-13(24(4)5)14-12(15(25)19(10,16)26)17(23-28-14)27-20-22/h8-11,13,16,22,26H,1-7H3/t10-,11-,13-,16+,19+/m0/s1. The number of Topliss-reactive ketones (excluding diaryl/α,β-unsaturated/α-hetero) is 1. The molecule has 0 unspecified atom stereocenters. The van der Waals surface area contributed by atoms with Crippen LogP contribution in [0.25, 0.3) is 0 Å². The molecular formula is C19H29BBrN3O5Si. The van der Waals surface area contributed by atoms with Gasteiger partial charge in [-0.3, -0.25) is 0 Å². The molecule has 8 nitrogen and oxygen atoms in total. The van der Waals surface area contributed by atoms with Gasteiger partial charge < -0.3 is 0 Å². The minimum absolute atomic E-state index is 0.0646. The maximum atomic E-state index is 13.7. The van der Waals surface area contributed by atoms with Crippen molar-refractivity contribution in [2.75, 3.05) is 14.1 Å². The summed E-state index contributed by atoms with van der Waals surface area (Å²) >= 11 is 3.61. The van der Waals surface area contributed by atoms with Crippen LogP contribution in [0.4, 0.5) is 0 Å². The SMILES string of the molecule is CN(C)[C@@H]1c2onc(OB=N)c2C(=O)[C@@]2(O)[C@H](O[Si](C)(C)C(C)(C)C)[C@@H](Br)C=C[C@@H]12. The van der Waals surface area contributed by atoms with E-state index in [9.17, 15) is 9.90 Å². The fourth-order valence-corrected chi connectivity index (χ4v) is 6.14. The quantitative estimate of drug-likeness (QED) is 0.364. The van der Waals surface area contributed by atoms with Gasteiger partial charge in [0, 0.05) is 0 Å². The molecule has 2 N–H and O–H groups in total. The monoisotopic (exact) mass is 497 g/mol. The van der Waals surface area contributed by atoms with Crippen LogP contribution in [0.5, 0.6) is 5.88 Å². The summed E-state index contributed by atoms with van der Waals surface area (Å²) in [6, 6.07) is -0.458. The molecule has 0 aliphatic heterocycles. The van der Waals surface area contributed by atoms with Crippen LogP contribution >= 0.6 is 15.9 Å². The van der Waals surface area contributed by atoms with Crippen molar-refractivity contribution in [2.24, 2.45) is 5.92 Å². The molecule has 2 aliphatic carbocycles. The molecule has 0 radical (unpaired) electrons. The molecule has 3 rings (SSSR count). The van der Waals surface area contributed by atoms with Gasteiger partial charge in [0.2, 0.25) is 0 Å². The molecule has 1 heterocycles. The van der Waals surface area contributed by atoms with Crippen molar-refractivity contribution in [1.29, 1.82) is 5.31 Å². The van der Waals surface area contributed by atoms with E-state index in [0.29, 0.717) is 13.0 Å². The summed E-state index contributed by atoms with van der Waals surface area (Å²) < 4.78 is 17.2. The number of hydrogen-bond acceptors (Lipinski definition) is 8. The average Bonchev–Trinajstić information content (AvgIpc) is 3.02. The van der Waals surface area contributed by atoms with E-state index in [-0.39, 0.29) is 21.3 Å². The van der Waals surface area contributed by atoms with Crippen molar-refractivity contribution in [2.45, 2.75) is 61.5 Å². The molecule has 0 bridgehead atoms. The predicted molar refractivity (Wildman–Crippen MR) is 119 cm³/mol. The number of aromatic nitrogens is 1. The molecule has 0 aromatic carbocycles. The van der Waals surface area contributed by atoms with E-state index in [0.717, 1.165) is 0 Å². The van der Waals surface area contributed by atoms with E-state index in [1.165, 1.54) is 0 Å². The number of carbonyl (C=O) groups excluding carboxylic acids is 1. The third kappa shape index (κ3) is 3.48. The Kier molecular flexibility index (Phi) is 6.09. The van der Waals surface area contributed by atoms with E-state index >= 15 is 0 Å². The van der Waals surface area contributed by atoms with Gasteiger partial charge in [-0.05, 0) is 0 Å². The molecule has 0 amide bonds. The summed E-state index contributed by atoms with van der Waals surface area (Å²) in [7, 11) is 2.05. The van der Waals surface area contributed by atoms with E-state index in [4.69, 9.17) is 18.9 Å². The van der Waals surface area contributed by atoms with Gasteiger partial charge in [-0.1, -0.05) is 0 Å². The van der Waals surface area contributed by atoms with Gasteiger partial charge >= 0.3 is 187 Å². The number of aliphatic hydroxyl groups is 1.